The van der Waals surface area contributed by atoms with Gasteiger partial charge in [0.15, 0.2) is 0 Å². The van der Waals surface area contributed by atoms with Gasteiger partial charge in [0.05, 0.1) is 21.7 Å². The predicted molar refractivity (Wildman–Crippen MR) is 115 cm³/mol. The van der Waals surface area contributed by atoms with Crippen LogP contribution in [0.15, 0.2) is 53.0 Å². The first kappa shape index (κ1) is 21.3. The Morgan fingerprint density at radius 2 is 1.97 bits per heavy atom. The minimum Gasteiger partial charge on any atom is -0.311 e. The molecule has 2 aromatic carbocycles. The predicted octanol–water partition coefficient (Wildman–Crippen LogP) is 3.76. The second kappa shape index (κ2) is 7.95. The van der Waals surface area contributed by atoms with Crippen molar-refractivity contribution in [3.63, 3.8) is 0 Å². The molecule has 4 rings (SSSR count). The quantitative estimate of drug-likeness (QED) is 0.543. The lowest BCUT2D eigenvalue weighted by molar-refractivity contribution is -0.112. The number of aromatic nitrogens is 1. The van der Waals surface area contributed by atoms with Gasteiger partial charge in [0.2, 0.25) is 10.0 Å². The molecule has 1 aliphatic rings. The number of halogens is 2. The molecule has 1 amide bonds. The molecular formula is C21H17F2N3O3S2. The van der Waals surface area contributed by atoms with E-state index in [1.807, 2.05) is 0 Å². The number of nitrogens with zero attached hydrogens (tertiary/aromatic N) is 3. The van der Waals surface area contributed by atoms with Gasteiger partial charge in [0.1, 0.15) is 11.6 Å². The van der Waals surface area contributed by atoms with Crippen molar-refractivity contribution < 1.29 is 22.0 Å². The molecule has 0 N–H and O–H groups in total. The average Bonchev–Trinajstić information content (AvgIpc) is 3.33. The summed E-state index contributed by atoms with van der Waals surface area (Å²) in [7, 11) is -1.07. The summed E-state index contributed by atoms with van der Waals surface area (Å²) in [5.41, 5.74) is 3.14. The Morgan fingerprint density at radius 3 is 2.65 bits per heavy atom. The third-order valence-electron chi connectivity index (χ3n) is 5.01. The van der Waals surface area contributed by atoms with Gasteiger partial charge in [-0.15, -0.1) is 11.3 Å². The molecule has 2 heterocycles. The van der Waals surface area contributed by atoms with E-state index in [9.17, 15) is 22.0 Å². The fourth-order valence-corrected chi connectivity index (χ4v) is 5.05. The van der Waals surface area contributed by atoms with E-state index in [4.69, 9.17) is 0 Å². The van der Waals surface area contributed by atoms with E-state index in [0.717, 1.165) is 15.2 Å². The molecule has 160 valence electrons. The summed E-state index contributed by atoms with van der Waals surface area (Å²) in [4.78, 5) is 18.9. The zero-order chi connectivity index (χ0) is 22.3. The number of sulfonamides is 1. The molecule has 10 heteroatoms. The van der Waals surface area contributed by atoms with Crippen LogP contribution >= 0.6 is 11.3 Å². The molecular weight excluding hydrogens is 444 g/mol. The minimum atomic E-state index is -4.00. The number of fused-ring (bicyclic) bond motifs is 1. The van der Waals surface area contributed by atoms with E-state index in [2.05, 4.69) is 4.98 Å². The lowest BCUT2D eigenvalue weighted by Crippen LogP contribution is -2.27. The number of anilines is 1. The van der Waals surface area contributed by atoms with Crippen molar-refractivity contribution in [2.75, 3.05) is 19.0 Å². The zero-order valence-corrected chi connectivity index (χ0v) is 18.2. The number of carbonyl (C=O) groups is 1. The summed E-state index contributed by atoms with van der Waals surface area (Å²) in [6.07, 6.45) is 3.30. The molecule has 1 aromatic heterocycles. The molecule has 0 atom stereocenters. The van der Waals surface area contributed by atoms with Crippen molar-refractivity contribution in [3.8, 4) is 0 Å². The number of rotatable bonds is 5. The maximum atomic E-state index is 14.0. The number of thiazole rings is 1. The highest BCUT2D eigenvalue weighted by Gasteiger charge is 2.32. The van der Waals surface area contributed by atoms with Crippen LogP contribution in [0.5, 0.6) is 0 Å². The highest BCUT2D eigenvalue weighted by Crippen LogP contribution is 2.39. The van der Waals surface area contributed by atoms with Crippen LogP contribution in [0, 0.1) is 11.6 Å². The molecule has 0 fully saturated rings. The first-order valence-electron chi connectivity index (χ1n) is 9.11. The highest BCUT2D eigenvalue weighted by molar-refractivity contribution is 7.89. The third kappa shape index (κ3) is 3.89. The average molecular weight is 462 g/mol. The van der Waals surface area contributed by atoms with Crippen molar-refractivity contribution in [3.05, 3.63) is 75.7 Å². The summed E-state index contributed by atoms with van der Waals surface area (Å²) in [6.45, 7) is -0.270. The Bertz CT molecular complexity index is 1310. The van der Waals surface area contributed by atoms with Crippen molar-refractivity contribution in [1.82, 2.24) is 9.29 Å². The third-order valence-corrected chi connectivity index (χ3v) is 7.53. The second-order valence-corrected chi connectivity index (χ2v) is 9.96. The number of hydrogen-bond donors (Lipinski definition) is 0. The van der Waals surface area contributed by atoms with Crippen molar-refractivity contribution in [2.45, 2.75) is 11.4 Å². The Morgan fingerprint density at radius 1 is 1.19 bits per heavy atom. The molecule has 6 nitrogen and oxygen atoms in total. The summed E-state index contributed by atoms with van der Waals surface area (Å²) >= 11 is 1.36. The smallest absolute Gasteiger partial charge is 0.258 e. The molecule has 0 bridgehead atoms. The zero-order valence-electron chi connectivity index (χ0n) is 16.5. The van der Waals surface area contributed by atoms with Gasteiger partial charge in [0.25, 0.3) is 5.91 Å². The van der Waals surface area contributed by atoms with E-state index in [1.54, 1.807) is 30.9 Å². The number of benzene rings is 2. The van der Waals surface area contributed by atoms with Crippen molar-refractivity contribution >= 4 is 44.6 Å². The highest BCUT2D eigenvalue weighted by atomic mass is 32.2. The van der Waals surface area contributed by atoms with E-state index in [0.29, 0.717) is 22.9 Å². The lowest BCUT2D eigenvalue weighted by Gasteiger charge is -2.18. The van der Waals surface area contributed by atoms with Crippen LogP contribution in [-0.2, 0) is 21.4 Å². The maximum Gasteiger partial charge on any atom is 0.258 e. The normalized spacial score (nSPS) is 15.2. The van der Waals surface area contributed by atoms with Gasteiger partial charge in [0, 0.05) is 48.9 Å². The Kier molecular flexibility index (Phi) is 5.46. The lowest BCUT2D eigenvalue weighted by atomic mass is 10.1. The van der Waals surface area contributed by atoms with Gasteiger partial charge in [-0.25, -0.2) is 17.2 Å². The van der Waals surface area contributed by atoms with Gasteiger partial charge >= 0.3 is 0 Å². The molecule has 0 saturated carbocycles. The van der Waals surface area contributed by atoms with Gasteiger partial charge in [-0.1, -0.05) is 6.07 Å². The van der Waals surface area contributed by atoms with E-state index >= 15 is 0 Å². The van der Waals surface area contributed by atoms with E-state index in [1.165, 1.54) is 41.5 Å². The Balaban J connectivity index is 1.70. The molecule has 0 aliphatic carbocycles. The number of amides is 1. The van der Waals surface area contributed by atoms with Crippen LogP contribution < -0.4 is 4.90 Å². The van der Waals surface area contributed by atoms with E-state index < -0.39 is 21.7 Å². The van der Waals surface area contributed by atoms with Crippen LogP contribution in [0.25, 0.3) is 11.6 Å². The SMILES string of the molecule is CN1C(=O)/C(=C/c2cncs2)c2cc(S(=O)(=O)N(C)Cc3ccc(F)cc3F)ccc21. The standard InChI is InChI=1S/C21H17F2N3O3S2/c1-25(11-13-3-4-14(22)7-19(13)23)31(28,29)16-5-6-20-17(9-16)18(21(27)26(20)2)8-15-10-24-12-30-15/h3-10,12H,11H2,1-2H3/b18-8+. The monoisotopic (exact) mass is 461 g/mol. The van der Waals surface area contributed by atoms with Crippen LogP contribution in [0.4, 0.5) is 14.5 Å². The molecule has 0 radical (unpaired) electrons. The molecule has 0 unspecified atom stereocenters. The summed E-state index contributed by atoms with van der Waals surface area (Å²) in [5.74, 6) is -1.81. The Hall–Kier alpha value is -2.95. The van der Waals surface area contributed by atoms with Crippen LogP contribution in [-0.4, -0.2) is 37.7 Å². The van der Waals surface area contributed by atoms with Crippen LogP contribution in [0.2, 0.25) is 0 Å². The fraction of sp³-hybridized carbons (Fsp3) is 0.143. The van der Waals surface area contributed by atoms with Crippen LogP contribution in [0.1, 0.15) is 16.0 Å². The van der Waals surface area contributed by atoms with Crippen molar-refractivity contribution in [2.24, 2.45) is 0 Å². The van der Waals surface area contributed by atoms with Gasteiger partial charge < -0.3 is 4.90 Å². The Labute approximate surface area is 182 Å². The largest absolute Gasteiger partial charge is 0.311 e. The molecule has 3 aromatic rings. The number of carbonyl (C=O) groups excluding carboxylic acids is 1. The minimum absolute atomic E-state index is 0.0328. The fourth-order valence-electron chi connectivity index (χ4n) is 3.32. The first-order chi connectivity index (χ1) is 14.7. The topological polar surface area (TPSA) is 70.6 Å². The van der Waals surface area contributed by atoms with E-state index in [-0.39, 0.29) is 22.9 Å². The number of hydrogen-bond acceptors (Lipinski definition) is 5. The maximum absolute atomic E-state index is 14.0. The molecule has 0 saturated heterocycles. The summed E-state index contributed by atoms with van der Waals surface area (Å²) in [6, 6.07) is 7.42. The molecule has 31 heavy (non-hydrogen) atoms. The molecule has 1 aliphatic heterocycles. The first-order valence-corrected chi connectivity index (χ1v) is 11.4. The molecule has 0 spiro atoms. The van der Waals surface area contributed by atoms with Gasteiger partial charge in [-0.05, 0) is 30.3 Å². The summed E-state index contributed by atoms with van der Waals surface area (Å²) in [5, 5.41) is 0. The van der Waals surface area contributed by atoms with Gasteiger partial charge in [-0.2, -0.15) is 4.31 Å². The summed E-state index contributed by atoms with van der Waals surface area (Å²) < 4.78 is 54.3. The van der Waals surface area contributed by atoms with Crippen molar-refractivity contribution in [1.29, 1.82) is 0 Å². The van der Waals surface area contributed by atoms with Gasteiger partial charge in [-0.3, -0.25) is 9.78 Å². The second-order valence-electron chi connectivity index (χ2n) is 7.00. The number of likely N-dealkylation sites (N-methyl/N-ethyl adjacent to an activating group) is 1. The van der Waals surface area contributed by atoms with Crippen LogP contribution in [0.3, 0.4) is 0 Å².